The molecule has 0 N–H and O–H groups in total. The molecule has 0 aliphatic heterocycles. The second-order valence-electron chi connectivity index (χ2n) is 2.87. The minimum Gasteiger partial charge on any atom is -0.394 e. The molecule has 0 saturated carbocycles. The third-order valence-electron chi connectivity index (χ3n) is 1.05. The summed E-state index contributed by atoms with van der Waals surface area (Å²) in [5.41, 5.74) is 0.756. The van der Waals surface area contributed by atoms with Crippen molar-refractivity contribution in [3.8, 4) is 0 Å². The molecule has 0 heterocycles. The Morgan fingerprint density at radius 1 is 1.18 bits per heavy atom. The summed E-state index contributed by atoms with van der Waals surface area (Å²) in [5.74, 6) is 0. The van der Waals surface area contributed by atoms with E-state index in [0.717, 1.165) is 5.57 Å². The summed E-state index contributed by atoms with van der Waals surface area (Å²) in [5, 5.41) is 0. The molecule has 0 unspecified atom stereocenters. The first-order valence-corrected chi connectivity index (χ1v) is 3.66. The molecule has 0 rings (SSSR count). The minimum absolute atomic E-state index is 0. The van der Waals surface area contributed by atoms with Crippen LogP contribution in [0.2, 0.25) is 0 Å². The van der Waals surface area contributed by atoms with Crippen molar-refractivity contribution < 1.29 is 32.7 Å². The fourth-order valence-corrected chi connectivity index (χ4v) is 0.250. The van der Waals surface area contributed by atoms with Crippen LogP contribution in [0, 0.1) is 18.6 Å². The second kappa shape index (κ2) is 8.68. The van der Waals surface area contributed by atoms with Crippen molar-refractivity contribution in [3.05, 3.63) is 24.8 Å². The zero-order chi connectivity index (χ0) is 8.78. The summed E-state index contributed by atoms with van der Waals surface area (Å²) >= 11 is 0. The van der Waals surface area contributed by atoms with Gasteiger partial charge in [-0.25, -0.2) is 0 Å². The van der Waals surface area contributed by atoms with E-state index in [1.165, 1.54) is 6.08 Å². The van der Waals surface area contributed by atoms with Gasteiger partial charge in [-0.1, -0.05) is 34.6 Å². The summed E-state index contributed by atoms with van der Waals surface area (Å²) in [4.78, 5) is 0. The summed E-state index contributed by atoms with van der Waals surface area (Å²) in [6.07, 6.45) is 1.44. The molecular weight excluding hydrogens is 209 g/mol. The number of allylic oxidation sites excluding steroid dienone is 2. The van der Waals surface area contributed by atoms with E-state index in [-0.39, 0.29) is 38.1 Å². The van der Waals surface area contributed by atoms with Crippen LogP contribution < -0.4 is 0 Å². The Kier molecular flexibility index (Phi) is 13.9. The zero-order valence-electron chi connectivity index (χ0n) is 8.31. The number of rotatable bonds is 1. The van der Waals surface area contributed by atoms with E-state index in [2.05, 4.69) is 0 Å². The first kappa shape index (κ1) is 17.6. The maximum Gasteiger partial charge on any atom is 0 e. The summed E-state index contributed by atoms with van der Waals surface area (Å²) in [6, 6.07) is 0. The molecule has 0 spiro atoms. The van der Waals surface area contributed by atoms with Crippen molar-refractivity contribution >= 4 is 0 Å². The Hall–Kier alpha value is 0.584. The summed E-state index contributed by atoms with van der Waals surface area (Å²) in [6.45, 7) is 20.7. The first-order chi connectivity index (χ1) is 4.48. The van der Waals surface area contributed by atoms with Crippen molar-refractivity contribution in [1.29, 1.82) is 0 Å². The quantitative estimate of drug-likeness (QED) is 0.475. The van der Waals surface area contributed by atoms with Crippen LogP contribution >= 0.6 is 0 Å². The fraction of sp³-hybridized carbons (Fsp3) is 0.600. The molecule has 0 aromatic carbocycles. The van der Waals surface area contributed by atoms with Gasteiger partial charge in [0.05, 0.1) is 0 Å². The molecule has 0 saturated heterocycles. The molecule has 0 aliphatic carbocycles. The standard InChI is InChI=1S/C8H12.C2H6.Y/c1-6-7(2)8(3,4)5;1-2;/h1-2,6H,3-5H3;1-2H3;/q-2;;. The minimum atomic E-state index is 0. The third-order valence-corrected chi connectivity index (χ3v) is 1.05. The Balaban J connectivity index is -0.000000196. The Labute approximate surface area is 97.0 Å². The van der Waals surface area contributed by atoms with Gasteiger partial charge in [0.15, 0.2) is 0 Å². The van der Waals surface area contributed by atoms with E-state index in [0.29, 0.717) is 0 Å². The van der Waals surface area contributed by atoms with Crippen LogP contribution in [0.15, 0.2) is 11.6 Å². The summed E-state index contributed by atoms with van der Waals surface area (Å²) < 4.78 is 0. The van der Waals surface area contributed by atoms with Gasteiger partial charge in [-0.15, -0.1) is 5.41 Å². The van der Waals surface area contributed by atoms with Crippen LogP contribution in [0.25, 0.3) is 0 Å². The van der Waals surface area contributed by atoms with E-state index < -0.39 is 0 Å². The third kappa shape index (κ3) is 10.6. The monoisotopic (exact) mass is 227 g/mol. The van der Waals surface area contributed by atoms with Gasteiger partial charge < -0.3 is 24.8 Å². The molecule has 0 aromatic rings. The predicted molar refractivity (Wildman–Crippen MR) is 47.5 cm³/mol. The van der Waals surface area contributed by atoms with Gasteiger partial charge in [0.25, 0.3) is 0 Å². The van der Waals surface area contributed by atoms with Crippen molar-refractivity contribution in [2.24, 2.45) is 5.41 Å². The SMILES string of the molecule is CC.[CH-]=CC(=[CH-])C(C)(C)C.[Y]. The Morgan fingerprint density at radius 2 is 1.45 bits per heavy atom. The number of hydrogen-bond donors (Lipinski definition) is 0. The predicted octanol–water partition coefficient (Wildman–Crippen LogP) is 3.40. The van der Waals surface area contributed by atoms with Gasteiger partial charge >= 0.3 is 0 Å². The van der Waals surface area contributed by atoms with Crippen LogP contribution in [0.5, 0.6) is 0 Å². The molecule has 1 radical (unpaired) electrons. The molecule has 1 heteroatoms. The van der Waals surface area contributed by atoms with Gasteiger partial charge in [-0.2, -0.15) is 0 Å². The molecule has 63 valence electrons. The first-order valence-electron chi connectivity index (χ1n) is 3.66. The molecule has 0 bridgehead atoms. The smallest absolute Gasteiger partial charge is 0 e. The molecule has 0 atom stereocenters. The maximum absolute atomic E-state index is 5.49. The largest absolute Gasteiger partial charge is 0.394 e. The van der Waals surface area contributed by atoms with Gasteiger partial charge in [0, 0.05) is 32.7 Å². The van der Waals surface area contributed by atoms with E-state index >= 15 is 0 Å². The second-order valence-corrected chi connectivity index (χ2v) is 2.87. The molecule has 0 aliphatic rings. The zero-order valence-corrected chi connectivity index (χ0v) is 11.1. The van der Waals surface area contributed by atoms with Crippen molar-refractivity contribution in [2.45, 2.75) is 34.6 Å². The topological polar surface area (TPSA) is 0 Å². The Morgan fingerprint density at radius 3 is 1.45 bits per heavy atom. The van der Waals surface area contributed by atoms with Crippen LogP contribution in [0.3, 0.4) is 0 Å². The van der Waals surface area contributed by atoms with Crippen molar-refractivity contribution in [2.75, 3.05) is 0 Å². The normalized spacial score (nSPS) is 8.45. The van der Waals surface area contributed by atoms with Crippen LogP contribution in [0.1, 0.15) is 34.6 Å². The van der Waals surface area contributed by atoms with Gasteiger partial charge in [-0.05, 0) is 0 Å². The van der Waals surface area contributed by atoms with E-state index in [9.17, 15) is 0 Å². The maximum atomic E-state index is 5.49. The molecular formula is C10H18Y-2. The van der Waals surface area contributed by atoms with Crippen molar-refractivity contribution in [1.82, 2.24) is 0 Å². The number of hydrogen-bond acceptors (Lipinski definition) is 0. The Bertz CT molecular complexity index is 107. The summed E-state index contributed by atoms with van der Waals surface area (Å²) in [7, 11) is 0. The van der Waals surface area contributed by atoms with Crippen molar-refractivity contribution in [3.63, 3.8) is 0 Å². The van der Waals surface area contributed by atoms with Gasteiger partial charge in [-0.3, -0.25) is 0 Å². The molecule has 0 aromatic heterocycles. The molecule has 0 fully saturated rings. The van der Waals surface area contributed by atoms with E-state index in [1.807, 2.05) is 34.6 Å². The van der Waals surface area contributed by atoms with Crippen LogP contribution in [-0.2, 0) is 32.7 Å². The average molecular weight is 227 g/mol. The molecule has 0 nitrogen and oxygen atoms in total. The van der Waals surface area contributed by atoms with Gasteiger partial charge in [0.2, 0.25) is 0 Å². The molecule has 0 amide bonds. The van der Waals surface area contributed by atoms with E-state index in [1.54, 1.807) is 0 Å². The molecule has 11 heavy (non-hydrogen) atoms. The average Bonchev–Trinajstić information content (AvgIpc) is 1.89. The van der Waals surface area contributed by atoms with Crippen LogP contribution in [-0.4, -0.2) is 0 Å². The fourth-order valence-electron chi connectivity index (χ4n) is 0.250. The van der Waals surface area contributed by atoms with Crippen LogP contribution in [0.4, 0.5) is 0 Å². The van der Waals surface area contributed by atoms with Gasteiger partial charge in [0.1, 0.15) is 0 Å². The van der Waals surface area contributed by atoms with E-state index in [4.69, 9.17) is 13.2 Å².